The third-order valence-electron chi connectivity index (χ3n) is 3.98. The molecule has 3 aromatic rings. The standard InChI is InChI=1S/C20H20BrFN4OS/c1-2-10-26-18(11-14-6-4-3-5-7-14)24-25-20(26)28-13-19(27)23-17-9-8-15(21)12-16(17)22/h3-9,12H,2,10-11,13H2,1H3,(H,23,27). The summed E-state index contributed by atoms with van der Waals surface area (Å²) in [7, 11) is 0. The van der Waals surface area contributed by atoms with Crippen LogP contribution in [0.1, 0.15) is 24.7 Å². The lowest BCUT2D eigenvalue weighted by Gasteiger charge is -2.09. The van der Waals surface area contributed by atoms with E-state index in [0.29, 0.717) is 16.0 Å². The van der Waals surface area contributed by atoms with Crippen molar-refractivity contribution in [1.29, 1.82) is 0 Å². The monoisotopic (exact) mass is 462 g/mol. The molecule has 0 fully saturated rings. The molecule has 1 heterocycles. The van der Waals surface area contributed by atoms with Gasteiger partial charge in [0.25, 0.3) is 0 Å². The molecule has 0 aliphatic heterocycles. The summed E-state index contributed by atoms with van der Waals surface area (Å²) in [5.41, 5.74) is 1.32. The number of hydrogen-bond acceptors (Lipinski definition) is 4. The van der Waals surface area contributed by atoms with E-state index in [2.05, 4.69) is 50.5 Å². The van der Waals surface area contributed by atoms with Crippen molar-refractivity contribution in [2.75, 3.05) is 11.1 Å². The van der Waals surface area contributed by atoms with E-state index in [0.717, 1.165) is 24.4 Å². The number of nitrogens with zero attached hydrogens (tertiary/aromatic N) is 3. The number of halogens is 2. The van der Waals surface area contributed by atoms with Gasteiger partial charge >= 0.3 is 0 Å². The predicted octanol–water partition coefficient (Wildman–Crippen LogP) is 4.91. The van der Waals surface area contributed by atoms with Gasteiger partial charge in [-0.2, -0.15) is 0 Å². The van der Waals surface area contributed by atoms with E-state index < -0.39 is 5.82 Å². The Balaban J connectivity index is 1.65. The van der Waals surface area contributed by atoms with Gasteiger partial charge in [-0.3, -0.25) is 4.79 Å². The molecular weight excluding hydrogens is 443 g/mol. The van der Waals surface area contributed by atoms with Crippen LogP contribution in [0, 0.1) is 5.82 Å². The van der Waals surface area contributed by atoms with Gasteiger partial charge in [0, 0.05) is 17.4 Å². The quantitative estimate of drug-likeness (QED) is 0.483. The van der Waals surface area contributed by atoms with Crippen LogP contribution in [0.15, 0.2) is 58.2 Å². The van der Waals surface area contributed by atoms with Crippen LogP contribution < -0.4 is 5.32 Å². The maximum Gasteiger partial charge on any atom is 0.234 e. The Kier molecular flexibility index (Phi) is 7.22. The smallest absolute Gasteiger partial charge is 0.234 e. The first-order valence-corrected chi connectivity index (χ1v) is 10.7. The molecule has 0 spiro atoms. The lowest BCUT2D eigenvalue weighted by atomic mass is 10.1. The summed E-state index contributed by atoms with van der Waals surface area (Å²) in [5.74, 6) is 0.228. The highest BCUT2D eigenvalue weighted by Crippen LogP contribution is 2.22. The summed E-state index contributed by atoms with van der Waals surface area (Å²) in [5, 5.41) is 11.9. The van der Waals surface area contributed by atoms with Gasteiger partial charge < -0.3 is 9.88 Å². The van der Waals surface area contributed by atoms with E-state index in [1.165, 1.54) is 23.9 Å². The molecule has 0 aliphatic rings. The lowest BCUT2D eigenvalue weighted by molar-refractivity contribution is -0.113. The van der Waals surface area contributed by atoms with Crippen molar-refractivity contribution in [3.05, 3.63) is 70.2 Å². The number of nitrogens with one attached hydrogen (secondary N) is 1. The van der Waals surface area contributed by atoms with Crippen LogP contribution in [-0.4, -0.2) is 26.4 Å². The molecule has 2 aromatic carbocycles. The zero-order valence-electron chi connectivity index (χ0n) is 15.4. The van der Waals surface area contributed by atoms with Crippen molar-refractivity contribution >= 4 is 39.3 Å². The van der Waals surface area contributed by atoms with E-state index in [1.807, 2.05) is 22.8 Å². The van der Waals surface area contributed by atoms with E-state index in [-0.39, 0.29) is 17.3 Å². The predicted molar refractivity (Wildman–Crippen MR) is 113 cm³/mol. The summed E-state index contributed by atoms with van der Waals surface area (Å²) in [6, 6.07) is 14.6. The van der Waals surface area contributed by atoms with Crippen molar-refractivity contribution in [3.63, 3.8) is 0 Å². The first-order chi connectivity index (χ1) is 13.6. The van der Waals surface area contributed by atoms with E-state index >= 15 is 0 Å². The molecular formula is C20H20BrFN4OS. The van der Waals surface area contributed by atoms with Crippen LogP contribution in [0.25, 0.3) is 0 Å². The van der Waals surface area contributed by atoms with E-state index in [1.54, 1.807) is 6.07 Å². The number of carbonyl (C=O) groups is 1. The Labute approximate surface area is 175 Å². The van der Waals surface area contributed by atoms with Crippen LogP contribution in [0.3, 0.4) is 0 Å². The molecule has 3 rings (SSSR count). The van der Waals surface area contributed by atoms with Crippen molar-refractivity contribution in [2.45, 2.75) is 31.5 Å². The fourth-order valence-electron chi connectivity index (χ4n) is 2.69. The third-order valence-corrected chi connectivity index (χ3v) is 5.44. The summed E-state index contributed by atoms with van der Waals surface area (Å²) < 4.78 is 16.5. The van der Waals surface area contributed by atoms with E-state index in [4.69, 9.17) is 0 Å². The van der Waals surface area contributed by atoms with Gasteiger partial charge in [0.15, 0.2) is 5.16 Å². The maximum absolute atomic E-state index is 13.9. The molecule has 146 valence electrons. The molecule has 1 aromatic heterocycles. The number of benzene rings is 2. The van der Waals surface area contributed by atoms with Crippen molar-refractivity contribution in [2.24, 2.45) is 0 Å². The maximum atomic E-state index is 13.9. The second kappa shape index (κ2) is 9.84. The SMILES string of the molecule is CCCn1c(Cc2ccccc2)nnc1SCC(=O)Nc1ccc(Br)cc1F. The molecule has 1 N–H and O–H groups in total. The number of thioether (sulfide) groups is 1. The molecule has 8 heteroatoms. The second-order valence-corrected chi connectivity index (χ2v) is 8.03. The van der Waals surface area contributed by atoms with Gasteiger partial charge in [-0.25, -0.2) is 4.39 Å². The zero-order valence-corrected chi connectivity index (χ0v) is 17.8. The number of amides is 1. The van der Waals surface area contributed by atoms with Gasteiger partial charge in [0.2, 0.25) is 5.91 Å². The summed E-state index contributed by atoms with van der Waals surface area (Å²) in [4.78, 5) is 12.2. The topological polar surface area (TPSA) is 59.8 Å². The Morgan fingerprint density at radius 1 is 1.21 bits per heavy atom. The van der Waals surface area contributed by atoms with Crippen LogP contribution >= 0.6 is 27.7 Å². The second-order valence-electron chi connectivity index (χ2n) is 6.17. The van der Waals surface area contributed by atoms with Gasteiger partial charge in [0.05, 0.1) is 11.4 Å². The van der Waals surface area contributed by atoms with E-state index in [9.17, 15) is 9.18 Å². The number of rotatable bonds is 8. The number of hydrogen-bond donors (Lipinski definition) is 1. The molecule has 0 radical (unpaired) electrons. The van der Waals surface area contributed by atoms with Crippen molar-refractivity contribution in [1.82, 2.24) is 14.8 Å². The highest BCUT2D eigenvalue weighted by atomic mass is 79.9. The molecule has 28 heavy (non-hydrogen) atoms. The normalized spacial score (nSPS) is 10.8. The van der Waals surface area contributed by atoms with Gasteiger partial charge in [-0.1, -0.05) is 64.9 Å². The number of anilines is 1. The Hall–Kier alpha value is -2.19. The Morgan fingerprint density at radius 2 is 2.00 bits per heavy atom. The minimum atomic E-state index is -0.480. The average Bonchev–Trinajstić information content (AvgIpc) is 3.05. The highest BCUT2D eigenvalue weighted by molar-refractivity contribution is 9.10. The van der Waals surface area contributed by atoms with Gasteiger partial charge in [0.1, 0.15) is 11.6 Å². The van der Waals surface area contributed by atoms with Crippen LogP contribution in [0.2, 0.25) is 0 Å². The first-order valence-electron chi connectivity index (χ1n) is 8.90. The summed E-state index contributed by atoms with van der Waals surface area (Å²) >= 11 is 4.50. The van der Waals surface area contributed by atoms with Crippen molar-refractivity contribution in [3.8, 4) is 0 Å². The van der Waals surface area contributed by atoms with Gasteiger partial charge in [-0.15, -0.1) is 10.2 Å². The van der Waals surface area contributed by atoms with Gasteiger partial charge in [-0.05, 0) is 30.2 Å². The average molecular weight is 463 g/mol. The van der Waals surface area contributed by atoms with Crippen LogP contribution in [-0.2, 0) is 17.8 Å². The summed E-state index contributed by atoms with van der Waals surface area (Å²) in [6.45, 7) is 2.87. The number of carbonyl (C=O) groups excluding carboxylic acids is 1. The van der Waals surface area contributed by atoms with Crippen molar-refractivity contribution < 1.29 is 9.18 Å². The molecule has 1 amide bonds. The van der Waals surface area contributed by atoms with Crippen LogP contribution in [0.5, 0.6) is 0 Å². The molecule has 0 saturated heterocycles. The molecule has 0 saturated carbocycles. The first kappa shape index (κ1) is 20.5. The molecule has 0 aliphatic carbocycles. The molecule has 0 atom stereocenters. The molecule has 0 bridgehead atoms. The van der Waals surface area contributed by atoms with Crippen LogP contribution in [0.4, 0.5) is 10.1 Å². The minimum Gasteiger partial charge on any atom is -0.323 e. The largest absolute Gasteiger partial charge is 0.323 e. The fourth-order valence-corrected chi connectivity index (χ4v) is 3.81. The Bertz CT molecular complexity index is 949. The zero-order chi connectivity index (χ0) is 19.9. The summed E-state index contributed by atoms with van der Waals surface area (Å²) in [6.07, 6.45) is 1.62. The lowest BCUT2D eigenvalue weighted by Crippen LogP contribution is -2.15. The number of aromatic nitrogens is 3. The molecule has 5 nitrogen and oxygen atoms in total. The third kappa shape index (κ3) is 5.42. The molecule has 0 unspecified atom stereocenters. The minimum absolute atomic E-state index is 0.128. The fraction of sp³-hybridized carbons (Fsp3) is 0.250. The highest BCUT2D eigenvalue weighted by Gasteiger charge is 2.15. The Morgan fingerprint density at radius 3 is 2.71 bits per heavy atom.